The zero-order chi connectivity index (χ0) is 13.5. The van der Waals surface area contributed by atoms with Gasteiger partial charge in [0.1, 0.15) is 5.82 Å². The molecule has 19 heavy (non-hydrogen) atoms. The van der Waals surface area contributed by atoms with Gasteiger partial charge in [-0.05, 0) is 39.2 Å². The Labute approximate surface area is 116 Å². The second-order valence-corrected chi connectivity index (χ2v) is 5.30. The number of imidazole rings is 1. The van der Waals surface area contributed by atoms with Gasteiger partial charge in [0.25, 0.3) is 0 Å². The number of nitrogens with one attached hydrogen (secondary N) is 1. The summed E-state index contributed by atoms with van der Waals surface area (Å²) in [5.41, 5.74) is 0. The van der Waals surface area contributed by atoms with Crippen molar-refractivity contribution in [1.29, 1.82) is 0 Å². The first-order chi connectivity index (χ1) is 9.35. The van der Waals surface area contributed by atoms with Crippen molar-refractivity contribution in [3.63, 3.8) is 0 Å². The quantitative estimate of drug-likeness (QED) is 0.822. The van der Waals surface area contributed by atoms with Gasteiger partial charge in [-0.2, -0.15) is 0 Å². The summed E-state index contributed by atoms with van der Waals surface area (Å²) in [6, 6.07) is 0.396. The van der Waals surface area contributed by atoms with Crippen LogP contribution >= 0.6 is 0 Å². The van der Waals surface area contributed by atoms with Crippen molar-refractivity contribution in [2.24, 2.45) is 0 Å². The molecule has 1 aromatic rings. The molecule has 0 radical (unpaired) electrons. The van der Waals surface area contributed by atoms with Gasteiger partial charge in [0.15, 0.2) is 0 Å². The highest BCUT2D eigenvalue weighted by Crippen LogP contribution is 2.18. The number of hydrogen-bond acceptors (Lipinski definition) is 3. The molecule has 2 unspecified atom stereocenters. The molecule has 1 aliphatic heterocycles. The van der Waals surface area contributed by atoms with Crippen LogP contribution in [0.15, 0.2) is 12.4 Å². The van der Waals surface area contributed by atoms with E-state index >= 15 is 0 Å². The van der Waals surface area contributed by atoms with Gasteiger partial charge in [-0.25, -0.2) is 4.98 Å². The van der Waals surface area contributed by atoms with E-state index in [2.05, 4.69) is 34.9 Å². The van der Waals surface area contributed by atoms with Crippen LogP contribution in [0.1, 0.15) is 45.4 Å². The van der Waals surface area contributed by atoms with Crippen LogP contribution in [-0.4, -0.2) is 34.8 Å². The molecule has 4 heteroatoms. The summed E-state index contributed by atoms with van der Waals surface area (Å²) in [4.78, 5) is 4.50. The largest absolute Gasteiger partial charge is 0.377 e. The van der Waals surface area contributed by atoms with E-state index in [0.717, 1.165) is 32.5 Å². The minimum atomic E-state index is 0.349. The van der Waals surface area contributed by atoms with Gasteiger partial charge in [0.05, 0.1) is 6.10 Å². The van der Waals surface area contributed by atoms with Crippen molar-refractivity contribution in [2.45, 2.75) is 64.6 Å². The molecule has 0 amide bonds. The minimum absolute atomic E-state index is 0.349. The monoisotopic (exact) mass is 265 g/mol. The standard InChI is InChI=1S/C15H27N3O/c1-3-8-16-13(14-7-5-6-11-19-14)12-15-17-9-10-18(15)4-2/h9-10,13-14,16H,3-8,11-12H2,1-2H3. The van der Waals surface area contributed by atoms with Crippen LogP contribution in [0.25, 0.3) is 0 Å². The Morgan fingerprint density at radius 2 is 2.37 bits per heavy atom. The van der Waals surface area contributed by atoms with Gasteiger partial charge in [-0.3, -0.25) is 0 Å². The fourth-order valence-electron chi connectivity index (χ4n) is 2.76. The zero-order valence-electron chi connectivity index (χ0n) is 12.3. The molecule has 1 fully saturated rings. The van der Waals surface area contributed by atoms with E-state index in [0.29, 0.717) is 12.1 Å². The number of ether oxygens (including phenoxy) is 1. The molecule has 2 heterocycles. The van der Waals surface area contributed by atoms with Crippen molar-refractivity contribution in [2.75, 3.05) is 13.2 Å². The maximum atomic E-state index is 5.96. The Morgan fingerprint density at radius 1 is 1.47 bits per heavy atom. The molecule has 1 saturated heterocycles. The van der Waals surface area contributed by atoms with E-state index in [1.54, 1.807) is 0 Å². The van der Waals surface area contributed by atoms with Gasteiger partial charge in [-0.1, -0.05) is 6.92 Å². The van der Waals surface area contributed by atoms with Crippen LogP contribution in [0.5, 0.6) is 0 Å². The van der Waals surface area contributed by atoms with Crippen LogP contribution in [0.4, 0.5) is 0 Å². The van der Waals surface area contributed by atoms with Crippen molar-refractivity contribution in [1.82, 2.24) is 14.9 Å². The second-order valence-electron chi connectivity index (χ2n) is 5.30. The molecular formula is C15H27N3O. The number of aromatic nitrogens is 2. The lowest BCUT2D eigenvalue weighted by atomic mass is 9.99. The molecule has 1 aliphatic rings. The van der Waals surface area contributed by atoms with Crippen LogP contribution in [-0.2, 0) is 17.7 Å². The maximum absolute atomic E-state index is 5.96. The molecule has 2 rings (SSSR count). The molecular weight excluding hydrogens is 238 g/mol. The molecule has 0 bridgehead atoms. The fourth-order valence-corrected chi connectivity index (χ4v) is 2.76. The topological polar surface area (TPSA) is 39.1 Å². The Hall–Kier alpha value is -0.870. The number of aryl methyl sites for hydroxylation is 1. The molecule has 0 aromatic carbocycles. The third kappa shape index (κ3) is 4.05. The molecule has 108 valence electrons. The number of hydrogen-bond donors (Lipinski definition) is 1. The van der Waals surface area contributed by atoms with E-state index in [4.69, 9.17) is 4.74 Å². The lowest BCUT2D eigenvalue weighted by Gasteiger charge is -2.31. The third-order valence-electron chi connectivity index (χ3n) is 3.87. The Morgan fingerprint density at radius 3 is 3.05 bits per heavy atom. The zero-order valence-corrected chi connectivity index (χ0v) is 12.3. The average molecular weight is 265 g/mol. The predicted molar refractivity (Wildman–Crippen MR) is 77.3 cm³/mol. The number of nitrogens with zero attached hydrogens (tertiary/aromatic N) is 2. The summed E-state index contributed by atoms with van der Waals surface area (Å²) in [5.74, 6) is 1.17. The maximum Gasteiger partial charge on any atom is 0.110 e. The van der Waals surface area contributed by atoms with Gasteiger partial charge in [0.2, 0.25) is 0 Å². The third-order valence-corrected chi connectivity index (χ3v) is 3.87. The summed E-state index contributed by atoms with van der Waals surface area (Å²) < 4.78 is 8.19. The minimum Gasteiger partial charge on any atom is -0.377 e. The Balaban J connectivity index is 1.99. The Kier molecular flexibility index (Phi) is 5.86. The highest BCUT2D eigenvalue weighted by atomic mass is 16.5. The van der Waals surface area contributed by atoms with E-state index in [-0.39, 0.29) is 0 Å². The summed E-state index contributed by atoms with van der Waals surface area (Å²) in [6.07, 6.45) is 10.1. The first kappa shape index (κ1) is 14.5. The van der Waals surface area contributed by atoms with Gasteiger partial charge < -0.3 is 14.6 Å². The van der Waals surface area contributed by atoms with Crippen LogP contribution in [0, 0.1) is 0 Å². The van der Waals surface area contributed by atoms with Crippen LogP contribution < -0.4 is 5.32 Å². The summed E-state index contributed by atoms with van der Waals surface area (Å²) in [7, 11) is 0. The van der Waals surface area contributed by atoms with E-state index < -0.39 is 0 Å². The smallest absolute Gasteiger partial charge is 0.110 e. The SMILES string of the molecule is CCCNC(Cc1nccn1CC)C1CCCCO1. The molecule has 2 atom stereocenters. The summed E-state index contributed by atoms with van der Waals surface area (Å²) in [5, 5.41) is 3.65. The second kappa shape index (κ2) is 7.65. The average Bonchev–Trinajstić information content (AvgIpc) is 2.91. The molecule has 0 spiro atoms. The first-order valence-electron chi connectivity index (χ1n) is 7.70. The molecule has 4 nitrogen and oxygen atoms in total. The fraction of sp³-hybridized carbons (Fsp3) is 0.800. The van der Waals surface area contributed by atoms with Crippen LogP contribution in [0.2, 0.25) is 0 Å². The molecule has 1 aromatic heterocycles. The van der Waals surface area contributed by atoms with Crippen LogP contribution in [0.3, 0.4) is 0 Å². The van der Waals surface area contributed by atoms with Crippen molar-refractivity contribution in [3.05, 3.63) is 18.2 Å². The lowest BCUT2D eigenvalue weighted by Crippen LogP contribution is -2.45. The van der Waals surface area contributed by atoms with E-state index in [1.807, 2.05) is 6.20 Å². The highest BCUT2D eigenvalue weighted by molar-refractivity contribution is 4.97. The van der Waals surface area contributed by atoms with Crippen molar-refractivity contribution < 1.29 is 4.74 Å². The molecule has 0 saturated carbocycles. The van der Waals surface area contributed by atoms with Gasteiger partial charge in [-0.15, -0.1) is 0 Å². The van der Waals surface area contributed by atoms with Gasteiger partial charge in [0, 0.05) is 38.0 Å². The van der Waals surface area contributed by atoms with Gasteiger partial charge >= 0.3 is 0 Å². The normalized spacial score (nSPS) is 21.5. The van der Waals surface area contributed by atoms with Crippen molar-refractivity contribution >= 4 is 0 Å². The predicted octanol–water partition coefficient (Wildman–Crippen LogP) is 2.38. The summed E-state index contributed by atoms with van der Waals surface area (Å²) in [6.45, 7) is 7.32. The highest BCUT2D eigenvalue weighted by Gasteiger charge is 2.25. The number of rotatable bonds is 7. The first-order valence-corrected chi connectivity index (χ1v) is 7.70. The van der Waals surface area contributed by atoms with E-state index in [9.17, 15) is 0 Å². The lowest BCUT2D eigenvalue weighted by molar-refractivity contribution is -0.00790. The molecule has 1 N–H and O–H groups in total. The molecule has 0 aliphatic carbocycles. The van der Waals surface area contributed by atoms with Crippen molar-refractivity contribution in [3.8, 4) is 0 Å². The Bertz CT molecular complexity index is 358. The summed E-state index contributed by atoms with van der Waals surface area (Å²) >= 11 is 0. The van der Waals surface area contributed by atoms with E-state index in [1.165, 1.54) is 25.1 Å².